The first-order valence-corrected chi connectivity index (χ1v) is 10.1. The Kier molecular flexibility index (Phi) is 6.95. The molecule has 0 aromatic heterocycles. The van der Waals surface area contributed by atoms with Gasteiger partial charge in [-0.25, -0.2) is 4.79 Å². The highest BCUT2D eigenvalue weighted by molar-refractivity contribution is 5.89. The van der Waals surface area contributed by atoms with Gasteiger partial charge in [0.05, 0.1) is 13.2 Å². The average molecular weight is 387 g/mol. The molecule has 2 aliphatic rings. The second-order valence-corrected chi connectivity index (χ2v) is 7.64. The number of benzene rings is 1. The topological polar surface area (TPSA) is 73.9 Å². The van der Waals surface area contributed by atoms with E-state index in [1.54, 1.807) is 6.08 Å². The molecule has 3 atom stereocenters. The second-order valence-electron chi connectivity index (χ2n) is 7.64. The Labute approximate surface area is 166 Å². The first-order chi connectivity index (χ1) is 13.5. The molecular formula is C22H29NO5. The lowest BCUT2D eigenvalue weighted by Gasteiger charge is -2.34. The lowest BCUT2D eigenvalue weighted by atomic mass is 9.78. The van der Waals surface area contributed by atoms with Crippen molar-refractivity contribution in [2.24, 2.45) is 11.8 Å². The second kappa shape index (κ2) is 9.62. The maximum atomic E-state index is 12.1. The molecule has 0 radical (unpaired) electrons. The fourth-order valence-corrected chi connectivity index (χ4v) is 3.67. The van der Waals surface area contributed by atoms with Gasteiger partial charge in [-0.1, -0.05) is 32.8 Å². The highest BCUT2D eigenvalue weighted by atomic mass is 16.5. The van der Waals surface area contributed by atoms with Crippen LogP contribution in [0.1, 0.15) is 45.1 Å². The maximum absolute atomic E-state index is 12.1. The Bertz CT molecular complexity index is 730. The van der Waals surface area contributed by atoms with Crippen LogP contribution in [0.4, 0.5) is 0 Å². The summed E-state index contributed by atoms with van der Waals surface area (Å²) < 4.78 is 16.3. The molecule has 1 heterocycles. The SMILES string of the molecule is C[C@@H]1[C@H](C)CCC[C@@H]1NC(=O)COC(=O)/C=C/c1ccc2c(c1)OCCCO2. The molecule has 152 valence electrons. The van der Waals surface area contributed by atoms with Crippen LogP contribution in [0.15, 0.2) is 24.3 Å². The van der Waals surface area contributed by atoms with Crippen molar-refractivity contribution in [2.75, 3.05) is 19.8 Å². The smallest absolute Gasteiger partial charge is 0.331 e. The standard InChI is InChI=1S/C22H29NO5/c1-15-5-3-6-18(16(15)2)23-21(24)14-28-22(25)10-8-17-7-9-19-20(13-17)27-12-4-11-26-19/h7-10,13,15-16,18H,3-6,11-12,14H2,1-2H3,(H,23,24)/b10-8+/t15-,16-,18+/m1/s1. The Morgan fingerprint density at radius 2 is 1.93 bits per heavy atom. The number of hydrogen-bond donors (Lipinski definition) is 1. The summed E-state index contributed by atoms with van der Waals surface area (Å²) in [6, 6.07) is 5.65. The van der Waals surface area contributed by atoms with E-state index in [0.29, 0.717) is 36.5 Å². The van der Waals surface area contributed by atoms with E-state index in [1.165, 1.54) is 12.5 Å². The quantitative estimate of drug-likeness (QED) is 0.620. The molecule has 0 bridgehead atoms. The summed E-state index contributed by atoms with van der Waals surface area (Å²) in [5.74, 6) is 1.62. The molecule has 6 heteroatoms. The highest BCUT2D eigenvalue weighted by Gasteiger charge is 2.28. The van der Waals surface area contributed by atoms with Crippen molar-refractivity contribution in [3.05, 3.63) is 29.8 Å². The number of nitrogens with one attached hydrogen (secondary N) is 1. The molecule has 1 amide bonds. The minimum absolute atomic E-state index is 0.160. The van der Waals surface area contributed by atoms with Gasteiger partial charge < -0.3 is 19.5 Å². The number of rotatable bonds is 5. The Balaban J connectivity index is 1.46. The molecule has 1 fully saturated rings. The number of carbonyl (C=O) groups is 2. The molecule has 0 unspecified atom stereocenters. The van der Waals surface area contributed by atoms with E-state index in [1.807, 2.05) is 18.2 Å². The Morgan fingerprint density at radius 1 is 1.14 bits per heavy atom. The van der Waals surface area contributed by atoms with Gasteiger partial charge in [-0.15, -0.1) is 0 Å². The summed E-state index contributed by atoms with van der Waals surface area (Å²) in [6.45, 7) is 5.36. The van der Waals surface area contributed by atoms with Gasteiger partial charge in [0, 0.05) is 18.5 Å². The summed E-state index contributed by atoms with van der Waals surface area (Å²) in [4.78, 5) is 24.0. The van der Waals surface area contributed by atoms with Crippen LogP contribution in [0.5, 0.6) is 11.5 Å². The number of amides is 1. The number of carbonyl (C=O) groups excluding carboxylic acids is 2. The molecule has 28 heavy (non-hydrogen) atoms. The van der Waals surface area contributed by atoms with Gasteiger partial charge in [-0.05, 0) is 42.0 Å². The zero-order valence-electron chi connectivity index (χ0n) is 16.6. The Morgan fingerprint density at radius 3 is 2.75 bits per heavy atom. The molecule has 1 aromatic carbocycles. The number of esters is 1. The number of hydrogen-bond acceptors (Lipinski definition) is 5. The van der Waals surface area contributed by atoms with Crippen molar-refractivity contribution in [1.29, 1.82) is 0 Å². The van der Waals surface area contributed by atoms with Crippen LogP contribution in [-0.2, 0) is 14.3 Å². The normalized spacial score (nSPS) is 24.4. The van der Waals surface area contributed by atoms with Crippen molar-refractivity contribution in [3.8, 4) is 11.5 Å². The average Bonchev–Trinajstić information content (AvgIpc) is 2.93. The van der Waals surface area contributed by atoms with Gasteiger partial charge in [-0.2, -0.15) is 0 Å². The van der Waals surface area contributed by atoms with E-state index in [4.69, 9.17) is 14.2 Å². The molecule has 1 aromatic rings. The minimum atomic E-state index is -0.549. The molecular weight excluding hydrogens is 358 g/mol. The number of fused-ring (bicyclic) bond motifs is 1. The van der Waals surface area contributed by atoms with Crippen LogP contribution in [0, 0.1) is 11.8 Å². The van der Waals surface area contributed by atoms with Gasteiger partial charge in [0.25, 0.3) is 5.91 Å². The molecule has 6 nitrogen and oxygen atoms in total. The summed E-state index contributed by atoms with van der Waals surface area (Å²) in [5, 5.41) is 3.00. The summed E-state index contributed by atoms with van der Waals surface area (Å²) in [5.41, 5.74) is 0.802. The summed E-state index contributed by atoms with van der Waals surface area (Å²) in [7, 11) is 0. The van der Waals surface area contributed by atoms with Crippen LogP contribution in [0.3, 0.4) is 0 Å². The predicted octanol–water partition coefficient (Wildman–Crippen LogP) is 3.35. The van der Waals surface area contributed by atoms with E-state index < -0.39 is 5.97 Å². The third-order valence-electron chi connectivity index (χ3n) is 5.58. The van der Waals surface area contributed by atoms with Crippen molar-refractivity contribution in [1.82, 2.24) is 5.32 Å². The van der Waals surface area contributed by atoms with Crippen LogP contribution < -0.4 is 14.8 Å². The molecule has 1 N–H and O–H groups in total. The fourth-order valence-electron chi connectivity index (χ4n) is 3.67. The number of ether oxygens (including phenoxy) is 3. The van der Waals surface area contributed by atoms with Gasteiger partial charge >= 0.3 is 5.97 Å². The summed E-state index contributed by atoms with van der Waals surface area (Å²) in [6.07, 6.45) is 7.10. The van der Waals surface area contributed by atoms with Crippen LogP contribution in [-0.4, -0.2) is 37.7 Å². The van der Waals surface area contributed by atoms with Crippen LogP contribution in [0.25, 0.3) is 6.08 Å². The third kappa shape index (κ3) is 5.50. The lowest BCUT2D eigenvalue weighted by molar-refractivity contribution is -0.144. The minimum Gasteiger partial charge on any atom is -0.490 e. The van der Waals surface area contributed by atoms with Gasteiger partial charge in [0.1, 0.15) is 0 Å². The van der Waals surface area contributed by atoms with Crippen LogP contribution in [0.2, 0.25) is 0 Å². The van der Waals surface area contributed by atoms with Gasteiger partial charge in [0.15, 0.2) is 18.1 Å². The molecule has 3 rings (SSSR count). The lowest BCUT2D eigenvalue weighted by Crippen LogP contribution is -2.45. The van der Waals surface area contributed by atoms with Crippen molar-refractivity contribution in [3.63, 3.8) is 0 Å². The molecule has 1 aliphatic carbocycles. The zero-order chi connectivity index (χ0) is 19.9. The summed E-state index contributed by atoms with van der Waals surface area (Å²) >= 11 is 0. The van der Waals surface area contributed by atoms with E-state index in [0.717, 1.165) is 24.8 Å². The fraction of sp³-hybridized carbons (Fsp3) is 0.545. The van der Waals surface area contributed by atoms with E-state index in [2.05, 4.69) is 19.2 Å². The van der Waals surface area contributed by atoms with Crippen molar-refractivity contribution < 1.29 is 23.8 Å². The highest BCUT2D eigenvalue weighted by Crippen LogP contribution is 2.31. The van der Waals surface area contributed by atoms with Gasteiger partial charge in [0.2, 0.25) is 0 Å². The third-order valence-corrected chi connectivity index (χ3v) is 5.58. The molecule has 0 saturated heterocycles. The first kappa shape index (κ1) is 20.2. The molecule has 0 spiro atoms. The first-order valence-electron chi connectivity index (χ1n) is 10.1. The van der Waals surface area contributed by atoms with Crippen molar-refractivity contribution in [2.45, 2.75) is 45.6 Å². The monoisotopic (exact) mass is 387 g/mol. The predicted molar refractivity (Wildman–Crippen MR) is 106 cm³/mol. The maximum Gasteiger partial charge on any atom is 0.331 e. The van der Waals surface area contributed by atoms with Crippen molar-refractivity contribution >= 4 is 18.0 Å². The zero-order valence-corrected chi connectivity index (χ0v) is 16.6. The molecule has 1 aliphatic heterocycles. The van der Waals surface area contributed by atoms with E-state index >= 15 is 0 Å². The van der Waals surface area contributed by atoms with Gasteiger partial charge in [-0.3, -0.25) is 4.79 Å². The van der Waals surface area contributed by atoms with E-state index in [9.17, 15) is 9.59 Å². The Hall–Kier alpha value is -2.50. The van der Waals surface area contributed by atoms with Crippen LogP contribution >= 0.6 is 0 Å². The molecule has 1 saturated carbocycles. The largest absolute Gasteiger partial charge is 0.490 e. The van der Waals surface area contributed by atoms with E-state index in [-0.39, 0.29) is 18.6 Å².